The molecule has 0 spiro atoms. The van der Waals surface area contributed by atoms with Gasteiger partial charge in [0, 0.05) is 23.6 Å². The van der Waals surface area contributed by atoms with Gasteiger partial charge >= 0.3 is 0 Å². The number of furan rings is 1. The van der Waals surface area contributed by atoms with Crippen molar-refractivity contribution in [3.8, 4) is 0 Å². The summed E-state index contributed by atoms with van der Waals surface area (Å²) in [6.45, 7) is 6.19. The molecule has 5 heteroatoms. The number of amides is 1. The van der Waals surface area contributed by atoms with E-state index in [0.717, 1.165) is 28.0 Å². The van der Waals surface area contributed by atoms with E-state index in [1.54, 1.807) is 0 Å². The molecule has 0 saturated heterocycles. The highest BCUT2D eigenvalue weighted by atomic mass is 32.1. The Kier molecular flexibility index (Phi) is 3.85. The average molecular weight is 304 g/mol. The fourth-order valence-corrected chi connectivity index (χ4v) is 3.22. The highest BCUT2D eigenvalue weighted by Gasteiger charge is 2.36. The van der Waals surface area contributed by atoms with Crippen LogP contribution >= 0.6 is 11.3 Å². The number of carbonyl (C=O) groups excluding carboxylic acids is 1. The first kappa shape index (κ1) is 14.3. The van der Waals surface area contributed by atoms with Gasteiger partial charge in [-0.1, -0.05) is 6.92 Å². The Morgan fingerprint density at radius 3 is 2.86 bits per heavy atom. The zero-order chi connectivity index (χ0) is 15.0. The van der Waals surface area contributed by atoms with Gasteiger partial charge in [-0.2, -0.15) is 0 Å². The SMILES string of the molecule is Cc1nc(NC(=O)CCc2ccc(C3CC3C)o2)sc1C. The van der Waals surface area contributed by atoms with Gasteiger partial charge in [-0.25, -0.2) is 4.98 Å². The van der Waals surface area contributed by atoms with Crippen LogP contribution in [0.2, 0.25) is 0 Å². The van der Waals surface area contributed by atoms with Crippen molar-refractivity contribution < 1.29 is 9.21 Å². The summed E-state index contributed by atoms with van der Waals surface area (Å²) in [5.41, 5.74) is 0.976. The lowest BCUT2D eigenvalue weighted by Crippen LogP contribution is -2.11. The Hall–Kier alpha value is -1.62. The van der Waals surface area contributed by atoms with Gasteiger partial charge in [0.1, 0.15) is 11.5 Å². The third kappa shape index (κ3) is 3.35. The number of hydrogen-bond acceptors (Lipinski definition) is 4. The van der Waals surface area contributed by atoms with E-state index in [-0.39, 0.29) is 5.91 Å². The van der Waals surface area contributed by atoms with Crippen molar-refractivity contribution in [2.75, 3.05) is 5.32 Å². The second kappa shape index (κ2) is 5.64. The molecule has 2 aromatic heterocycles. The summed E-state index contributed by atoms with van der Waals surface area (Å²) >= 11 is 1.51. The Morgan fingerprint density at radius 1 is 1.48 bits per heavy atom. The number of anilines is 1. The molecular formula is C16H20N2O2S. The number of thiazole rings is 1. The minimum atomic E-state index is -0.0125. The maximum absolute atomic E-state index is 11.9. The zero-order valence-electron chi connectivity index (χ0n) is 12.6. The van der Waals surface area contributed by atoms with Gasteiger partial charge in [0.25, 0.3) is 0 Å². The third-order valence-corrected chi connectivity index (χ3v) is 5.02. The second-order valence-corrected chi connectivity index (χ2v) is 7.04. The number of nitrogens with one attached hydrogen (secondary N) is 1. The molecule has 1 saturated carbocycles. The van der Waals surface area contributed by atoms with Crippen LogP contribution in [0.1, 0.15) is 47.8 Å². The van der Waals surface area contributed by atoms with Crippen molar-refractivity contribution in [3.63, 3.8) is 0 Å². The third-order valence-electron chi connectivity index (χ3n) is 4.03. The predicted molar refractivity (Wildman–Crippen MR) is 83.8 cm³/mol. The van der Waals surface area contributed by atoms with Crippen LogP contribution in [0, 0.1) is 19.8 Å². The maximum atomic E-state index is 11.9. The minimum absolute atomic E-state index is 0.0125. The van der Waals surface area contributed by atoms with Gasteiger partial charge in [0.15, 0.2) is 5.13 Å². The minimum Gasteiger partial charge on any atom is -0.466 e. The molecule has 2 aromatic rings. The highest BCUT2D eigenvalue weighted by molar-refractivity contribution is 7.15. The molecule has 4 nitrogen and oxygen atoms in total. The summed E-state index contributed by atoms with van der Waals surface area (Å²) in [5, 5.41) is 3.53. The molecule has 1 aliphatic carbocycles. The van der Waals surface area contributed by atoms with Crippen LogP contribution in [0.5, 0.6) is 0 Å². The van der Waals surface area contributed by atoms with Gasteiger partial charge in [-0.15, -0.1) is 11.3 Å². The van der Waals surface area contributed by atoms with Crippen molar-refractivity contribution >= 4 is 22.4 Å². The zero-order valence-corrected chi connectivity index (χ0v) is 13.4. The second-order valence-electron chi connectivity index (χ2n) is 5.83. The molecule has 0 aromatic carbocycles. The molecule has 3 rings (SSSR count). The van der Waals surface area contributed by atoms with Crippen molar-refractivity contribution in [2.24, 2.45) is 5.92 Å². The fraction of sp³-hybridized carbons (Fsp3) is 0.500. The summed E-state index contributed by atoms with van der Waals surface area (Å²) in [5.74, 6) is 3.29. The first-order chi connectivity index (χ1) is 10.0. The Labute approximate surface area is 128 Å². The topological polar surface area (TPSA) is 55.1 Å². The Morgan fingerprint density at radius 2 is 2.24 bits per heavy atom. The molecule has 0 radical (unpaired) electrons. The highest BCUT2D eigenvalue weighted by Crippen LogP contribution is 2.47. The fourth-order valence-electron chi connectivity index (χ4n) is 2.39. The monoisotopic (exact) mass is 304 g/mol. The van der Waals surface area contributed by atoms with Gasteiger partial charge < -0.3 is 9.73 Å². The smallest absolute Gasteiger partial charge is 0.226 e. The quantitative estimate of drug-likeness (QED) is 0.906. The van der Waals surface area contributed by atoms with Crippen LogP contribution in [0.4, 0.5) is 5.13 Å². The molecule has 1 aliphatic rings. The van der Waals surface area contributed by atoms with Crippen molar-refractivity contribution in [2.45, 2.75) is 46.0 Å². The number of nitrogens with zero attached hydrogens (tertiary/aromatic N) is 1. The first-order valence-electron chi connectivity index (χ1n) is 7.35. The van der Waals surface area contributed by atoms with Crippen molar-refractivity contribution in [3.05, 3.63) is 34.2 Å². The molecule has 21 heavy (non-hydrogen) atoms. The van der Waals surface area contributed by atoms with Crippen LogP contribution in [0.3, 0.4) is 0 Å². The summed E-state index contributed by atoms with van der Waals surface area (Å²) in [7, 11) is 0. The lowest BCUT2D eigenvalue weighted by Gasteiger charge is -2.00. The maximum Gasteiger partial charge on any atom is 0.226 e. The van der Waals surface area contributed by atoms with E-state index in [2.05, 4.69) is 23.3 Å². The summed E-state index contributed by atoms with van der Waals surface area (Å²) in [6, 6.07) is 4.04. The van der Waals surface area contributed by atoms with Gasteiger partial charge in [-0.05, 0) is 38.3 Å². The van der Waals surface area contributed by atoms with Crippen LogP contribution in [0.15, 0.2) is 16.5 Å². The van der Waals surface area contributed by atoms with Crippen LogP contribution < -0.4 is 5.32 Å². The van der Waals surface area contributed by atoms with Gasteiger partial charge in [0.05, 0.1) is 5.69 Å². The number of carbonyl (C=O) groups is 1. The predicted octanol–water partition coefficient (Wildman–Crippen LogP) is 4.05. The molecule has 2 atom stereocenters. The van der Waals surface area contributed by atoms with E-state index in [9.17, 15) is 4.79 Å². The molecule has 1 fully saturated rings. The number of aromatic nitrogens is 1. The molecule has 112 valence electrons. The van der Waals surface area contributed by atoms with E-state index in [1.807, 2.05) is 19.9 Å². The van der Waals surface area contributed by atoms with E-state index < -0.39 is 0 Å². The molecular weight excluding hydrogens is 284 g/mol. The van der Waals surface area contributed by atoms with E-state index in [0.29, 0.717) is 23.9 Å². The van der Waals surface area contributed by atoms with Crippen LogP contribution in [0.25, 0.3) is 0 Å². The number of hydrogen-bond donors (Lipinski definition) is 1. The standard InChI is InChI=1S/C16H20N2O2S/c1-9-8-13(9)14-6-4-12(20-14)5-7-15(19)18-16-17-10(2)11(3)21-16/h4,6,9,13H,5,7-8H2,1-3H3,(H,17,18,19). The number of rotatable bonds is 5. The summed E-state index contributed by atoms with van der Waals surface area (Å²) in [4.78, 5) is 17.4. The average Bonchev–Trinajstić information content (AvgIpc) is 2.84. The molecule has 1 N–H and O–H groups in total. The molecule has 2 heterocycles. The lowest BCUT2D eigenvalue weighted by molar-refractivity contribution is -0.116. The molecule has 0 aliphatic heterocycles. The van der Waals surface area contributed by atoms with Crippen LogP contribution in [-0.2, 0) is 11.2 Å². The van der Waals surface area contributed by atoms with E-state index in [4.69, 9.17) is 4.42 Å². The van der Waals surface area contributed by atoms with Crippen molar-refractivity contribution in [1.29, 1.82) is 0 Å². The Bertz CT molecular complexity index is 640. The molecule has 1 amide bonds. The van der Waals surface area contributed by atoms with Gasteiger partial charge in [0.2, 0.25) is 5.91 Å². The van der Waals surface area contributed by atoms with Crippen molar-refractivity contribution in [1.82, 2.24) is 4.98 Å². The number of aryl methyl sites for hydroxylation is 3. The molecule has 0 bridgehead atoms. The van der Waals surface area contributed by atoms with E-state index in [1.165, 1.54) is 17.8 Å². The Balaban J connectivity index is 1.50. The van der Waals surface area contributed by atoms with E-state index >= 15 is 0 Å². The molecule has 2 unspecified atom stereocenters. The lowest BCUT2D eigenvalue weighted by atomic mass is 10.2. The van der Waals surface area contributed by atoms with Crippen LogP contribution in [-0.4, -0.2) is 10.9 Å². The normalized spacial score (nSPS) is 20.5. The van der Waals surface area contributed by atoms with Gasteiger partial charge in [-0.3, -0.25) is 4.79 Å². The first-order valence-corrected chi connectivity index (χ1v) is 8.17. The summed E-state index contributed by atoms with van der Waals surface area (Å²) < 4.78 is 5.81. The largest absolute Gasteiger partial charge is 0.466 e. The summed E-state index contributed by atoms with van der Waals surface area (Å²) in [6.07, 6.45) is 2.28.